The zero-order valence-corrected chi connectivity index (χ0v) is 13.2. The SMILES string of the molecule is N/C(=N\O)c1ccc(Nc2nnc(-c3ccc(C(F)(F)F)c(F)c3)o2)cn1. The predicted molar refractivity (Wildman–Crippen MR) is 84.7 cm³/mol. The van der Waals surface area contributed by atoms with Crippen molar-refractivity contribution in [3.8, 4) is 11.5 Å². The third-order valence-corrected chi connectivity index (χ3v) is 3.33. The number of oxime groups is 1. The van der Waals surface area contributed by atoms with E-state index in [2.05, 4.69) is 25.7 Å². The fourth-order valence-corrected chi connectivity index (χ4v) is 2.06. The van der Waals surface area contributed by atoms with Crippen LogP contribution >= 0.6 is 0 Å². The number of hydrogen-bond donors (Lipinski definition) is 3. The van der Waals surface area contributed by atoms with E-state index < -0.39 is 17.6 Å². The Labute approximate surface area is 148 Å². The molecule has 3 aromatic rings. The van der Waals surface area contributed by atoms with Gasteiger partial charge in [0.25, 0.3) is 0 Å². The highest BCUT2D eigenvalue weighted by atomic mass is 19.4. The lowest BCUT2D eigenvalue weighted by molar-refractivity contribution is -0.139. The Morgan fingerprint density at radius 3 is 2.56 bits per heavy atom. The Balaban J connectivity index is 1.78. The number of aromatic nitrogens is 3. The molecule has 12 heteroatoms. The van der Waals surface area contributed by atoms with E-state index in [1.54, 1.807) is 0 Å². The largest absolute Gasteiger partial charge is 0.419 e. The van der Waals surface area contributed by atoms with E-state index in [1.807, 2.05) is 0 Å². The van der Waals surface area contributed by atoms with Crippen LogP contribution in [0.3, 0.4) is 0 Å². The maximum absolute atomic E-state index is 13.6. The Bertz CT molecular complexity index is 985. The van der Waals surface area contributed by atoms with Gasteiger partial charge in [-0.15, -0.1) is 5.10 Å². The number of amidine groups is 1. The van der Waals surface area contributed by atoms with Gasteiger partial charge in [0.05, 0.1) is 17.4 Å². The number of benzene rings is 1. The maximum Gasteiger partial charge on any atom is 0.419 e. The van der Waals surface area contributed by atoms with Crippen molar-refractivity contribution in [1.82, 2.24) is 15.2 Å². The second-order valence-electron chi connectivity index (χ2n) is 5.15. The molecular weight excluding hydrogens is 372 g/mol. The van der Waals surface area contributed by atoms with Crippen LogP contribution in [0.1, 0.15) is 11.3 Å². The van der Waals surface area contributed by atoms with Gasteiger partial charge in [-0.05, 0) is 30.3 Å². The minimum atomic E-state index is -4.80. The van der Waals surface area contributed by atoms with Crippen LogP contribution in [0.2, 0.25) is 0 Å². The molecule has 2 aromatic heterocycles. The van der Waals surface area contributed by atoms with Crippen LogP contribution in [-0.4, -0.2) is 26.2 Å². The number of pyridine rings is 1. The lowest BCUT2D eigenvalue weighted by Crippen LogP contribution is -2.14. The Kier molecular flexibility index (Phi) is 4.62. The van der Waals surface area contributed by atoms with Gasteiger partial charge >= 0.3 is 12.2 Å². The number of halogens is 4. The smallest absolute Gasteiger partial charge is 0.409 e. The first-order valence-electron chi connectivity index (χ1n) is 7.19. The topological polar surface area (TPSA) is 122 Å². The number of nitrogens with zero attached hydrogens (tertiary/aromatic N) is 4. The fraction of sp³-hybridized carbons (Fsp3) is 0.0667. The van der Waals surface area contributed by atoms with Crippen molar-refractivity contribution >= 4 is 17.5 Å². The van der Waals surface area contributed by atoms with E-state index in [9.17, 15) is 17.6 Å². The Morgan fingerprint density at radius 1 is 1.19 bits per heavy atom. The summed E-state index contributed by atoms with van der Waals surface area (Å²) < 4.78 is 56.7. The Morgan fingerprint density at radius 2 is 1.96 bits per heavy atom. The molecule has 3 rings (SSSR count). The summed E-state index contributed by atoms with van der Waals surface area (Å²) in [6.45, 7) is 0. The van der Waals surface area contributed by atoms with E-state index in [1.165, 1.54) is 18.3 Å². The van der Waals surface area contributed by atoms with Crippen LogP contribution in [0.25, 0.3) is 11.5 Å². The van der Waals surface area contributed by atoms with Gasteiger partial charge in [0.2, 0.25) is 5.89 Å². The number of anilines is 2. The quantitative estimate of drug-likeness (QED) is 0.208. The lowest BCUT2D eigenvalue weighted by atomic mass is 10.1. The minimum absolute atomic E-state index is 0.0125. The molecule has 0 saturated heterocycles. The summed E-state index contributed by atoms with van der Waals surface area (Å²) in [7, 11) is 0. The van der Waals surface area contributed by atoms with Crippen LogP contribution in [0.4, 0.5) is 29.3 Å². The van der Waals surface area contributed by atoms with Gasteiger partial charge in [-0.3, -0.25) is 4.98 Å². The highest BCUT2D eigenvalue weighted by molar-refractivity contribution is 5.95. The zero-order valence-electron chi connectivity index (χ0n) is 13.2. The van der Waals surface area contributed by atoms with Crippen molar-refractivity contribution in [2.45, 2.75) is 6.18 Å². The molecule has 0 aliphatic carbocycles. The summed E-state index contributed by atoms with van der Waals surface area (Å²) >= 11 is 0. The van der Waals surface area contributed by atoms with E-state index in [0.717, 1.165) is 6.07 Å². The molecule has 0 amide bonds. The summed E-state index contributed by atoms with van der Waals surface area (Å²) in [4.78, 5) is 3.93. The number of alkyl halides is 3. The van der Waals surface area contributed by atoms with Crippen molar-refractivity contribution in [1.29, 1.82) is 0 Å². The van der Waals surface area contributed by atoms with E-state index in [4.69, 9.17) is 15.4 Å². The normalized spacial score (nSPS) is 12.2. The van der Waals surface area contributed by atoms with Gasteiger partial charge in [0.1, 0.15) is 11.5 Å². The maximum atomic E-state index is 13.6. The van der Waals surface area contributed by atoms with Gasteiger partial charge in [0, 0.05) is 5.56 Å². The average molecular weight is 382 g/mol. The molecule has 0 bridgehead atoms. The van der Waals surface area contributed by atoms with Crippen LogP contribution in [0.15, 0.2) is 46.1 Å². The van der Waals surface area contributed by atoms with Gasteiger partial charge < -0.3 is 20.7 Å². The molecule has 0 radical (unpaired) electrons. The summed E-state index contributed by atoms with van der Waals surface area (Å²) in [5, 5.41) is 21.4. The van der Waals surface area contributed by atoms with Crippen molar-refractivity contribution in [2.24, 2.45) is 10.9 Å². The van der Waals surface area contributed by atoms with Crippen molar-refractivity contribution in [3.05, 3.63) is 53.6 Å². The zero-order chi connectivity index (χ0) is 19.6. The highest BCUT2D eigenvalue weighted by Gasteiger charge is 2.34. The molecule has 0 unspecified atom stereocenters. The van der Waals surface area contributed by atoms with Gasteiger partial charge in [-0.2, -0.15) is 13.2 Å². The van der Waals surface area contributed by atoms with Crippen molar-refractivity contribution in [2.75, 3.05) is 5.32 Å². The molecule has 1 aromatic carbocycles. The lowest BCUT2D eigenvalue weighted by Gasteiger charge is -2.07. The molecule has 0 aliphatic heterocycles. The molecule has 0 spiro atoms. The first kappa shape index (κ1) is 18.1. The van der Waals surface area contributed by atoms with Crippen LogP contribution in [0.5, 0.6) is 0 Å². The van der Waals surface area contributed by atoms with Crippen LogP contribution in [-0.2, 0) is 6.18 Å². The molecule has 2 heterocycles. The third kappa shape index (κ3) is 3.94. The van der Waals surface area contributed by atoms with Crippen LogP contribution < -0.4 is 11.1 Å². The van der Waals surface area contributed by atoms with Crippen molar-refractivity contribution in [3.63, 3.8) is 0 Å². The second-order valence-corrected chi connectivity index (χ2v) is 5.15. The summed E-state index contributed by atoms with van der Waals surface area (Å²) in [6, 6.07) is 5.17. The molecule has 4 N–H and O–H groups in total. The predicted octanol–water partition coefficient (Wildman–Crippen LogP) is 3.13. The number of nitrogens with two attached hydrogens (primary N) is 1. The molecule has 0 atom stereocenters. The molecular formula is C15H10F4N6O2. The number of hydrogen-bond acceptors (Lipinski definition) is 7. The van der Waals surface area contributed by atoms with Crippen molar-refractivity contribution < 1.29 is 27.2 Å². The summed E-state index contributed by atoms with van der Waals surface area (Å²) in [6.07, 6.45) is -3.46. The molecule has 0 aliphatic rings. The summed E-state index contributed by atoms with van der Waals surface area (Å²) in [5.41, 5.74) is 4.64. The van der Waals surface area contributed by atoms with Gasteiger partial charge in [-0.25, -0.2) is 4.39 Å². The fourth-order valence-electron chi connectivity index (χ4n) is 2.06. The first-order chi connectivity index (χ1) is 12.8. The third-order valence-electron chi connectivity index (χ3n) is 3.33. The molecule has 8 nitrogen and oxygen atoms in total. The van der Waals surface area contributed by atoms with E-state index in [0.29, 0.717) is 17.8 Å². The first-order valence-corrected chi connectivity index (χ1v) is 7.19. The Hall–Kier alpha value is -3.70. The van der Waals surface area contributed by atoms with Gasteiger partial charge in [-0.1, -0.05) is 10.3 Å². The molecule has 0 saturated carbocycles. The van der Waals surface area contributed by atoms with E-state index >= 15 is 0 Å². The number of rotatable bonds is 4. The highest BCUT2D eigenvalue weighted by Crippen LogP contribution is 2.33. The molecule has 0 fully saturated rings. The van der Waals surface area contributed by atoms with Crippen LogP contribution in [0, 0.1) is 5.82 Å². The van der Waals surface area contributed by atoms with Gasteiger partial charge in [0.15, 0.2) is 5.84 Å². The second kappa shape index (κ2) is 6.90. The molecule has 27 heavy (non-hydrogen) atoms. The minimum Gasteiger partial charge on any atom is -0.409 e. The van der Waals surface area contributed by atoms with E-state index in [-0.39, 0.29) is 29.0 Å². The summed E-state index contributed by atoms with van der Waals surface area (Å²) in [5.74, 6) is -1.80. The molecule has 140 valence electrons. The standard InChI is InChI=1S/C15H10F4N6O2/c16-10-5-7(1-3-9(10)15(17,18)19)13-23-24-14(27-13)22-8-2-4-11(21-6-8)12(20)25-26/h1-6,26H,(H2,20,25)(H,22,24). The number of nitrogens with one attached hydrogen (secondary N) is 1. The monoisotopic (exact) mass is 382 g/mol. The average Bonchev–Trinajstić information content (AvgIpc) is 3.09.